The molecule has 2 rings (SSSR count). The maximum absolute atomic E-state index is 13.0. The van der Waals surface area contributed by atoms with Crippen LogP contribution in [0.15, 0.2) is 27.4 Å². The molecule has 1 aromatic heterocycles. The van der Waals surface area contributed by atoms with Gasteiger partial charge in [0.1, 0.15) is 16.4 Å². The topological polar surface area (TPSA) is 30.2 Å². The highest BCUT2D eigenvalue weighted by Gasteiger charge is 2.12. The fraction of sp³-hybridized carbons (Fsp3) is 0.100. The Kier molecular flexibility index (Phi) is 2.67. The van der Waals surface area contributed by atoms with Crippen LogP contribution in [0.2, 0.25) is 5.02 Å². The summed E-state index contributed by atoms with van der Waals surface area (Å²) < 4.78 is 17.9. The predicted molar refractivity (Wildman–Crippen MR) is 57.0 cm³/mol. The summed E-state index contributed by atoms with van der Waals surface area (Å²) in [6.45, 7) is 0. The number of halogens is 3. The first-order chi connectivity index (χ1) is 7.13. The van der Waals surface area contributed by atoms with Crippen molar-refractivity contribution in [3.8, 4) is 0 Å². The number of hydrogen-bond acceptors (Lipinski definition) is 2. The molecule has 2 nitrogen and oxygen atoms in total. The summed E-state index contributed by atoms with van der Waals surface area (Å²) in [6, 6.07) is 3.82. The molecule has 0 unspecified atom stereocenters. The van der Waals surface area contributed by atoms with Crippen molar-refractivity contribution in [2.75, 3.05) is 0 Å². The molecule has 5 heteroatoms. The molecule has 0 N–H and O–H groups in total. The van der Waals surface area contributed by atoms with Crippen LogP contribution in [0, 0.1) is 5.82 Å². The smallest absolute Gasteiger partial charge is 0.355 e. The van der Waals surface area contributed by atoms with E-state index in [-0.39, 0.29) is 16.5 Å². The first kappa shape index (κ1) is 10.5. The Morgan fingerprint density at radius 3 is 2.80 bits per heavy atom. The molecule has 78 valence electrons. The van der Waals surface area contributed by atoms with Gasteiger partial charge in [0.15, 0.2) is 0 Å². The number of benzene rings is 1. The molecule has 2 aromatic rings. The minimum atomic E-state index is -0.661. The van der Waals surface area contributed by atoms with E-state index in [4.69, 9.17) is 27.6 Å². The fourth-order valence-corrected chi connectivity index (χ4v) is 1.90. The van der Waals surface area contributed by atoms with Crippen LogP contribution in [0.5, 0.6) is 0 Å². The van der Waals surface area contributed by atoms with Gasteiger partial charge in [-0.3, -0.25) is 0 Å². The van der Waals surface area contributed by atoms with Gasteiger partial charge in [0.25, 0.3) is 0 Å². The number of hydrogen-bond donors (Lipinski definition) is 0. The second-order valence-corrected chi connectivity index (χ2v) is 3.60. The van der Waals surface area contributed by atoms with Gasteiger partial charge in [-0.25, -0.2) is 9.18 Å². The van der Waals surface area contributed by atoms with Crippen molar-refractivity contribution in [2.24, 2.45) is 0 Å². The van der Waals surface area contributed by atoms with Crippen molar-refractivity contribution < 1.29 is 8.81 Å². The van der Waals surface area contributed by atoms with Crippen LogP contribution in [0.25, 0.3) is 11.0 Å². The van der Waals surface area contributed by atoms with Crippen molar-refractivity contribution in [1.82, 2.24) is 0 Å². The van der Waals surface area contributed by atoms with Crippen molar-refractivity contribution in [3.63, 3.8) is 0 Å². The second kappa shape index (κ2) is 3.83. The predicted octanol–water partition coefficient (Wildman–Crippen LogP) is 3.32. The Bertz CT molecular complexity index is 577. The van der Waals surface area contributed by atoms with E-state index in [2.05, 4.69) is 0 Å². The lowest BCUT2D eigenvalue weighted by molar-refractivity contribution is 0.557. The van der Waals surface area contributed by atoms with Crippen LogP contribution in [0.3, 0.4) is 0 Å². The van der Waals surface area contributed by atoms with Gasteiger partial charge < -0.3 is 4.42 Å². The third-order valence-electron chi connectivity index (χ3n) is 2.05. The Morgan fingerprint density at radius 1 is 1.40 bits per heavy atom. The lowest BCUT2D eigenvalue weighted by atomic mass is 10.1. The normalized spacial score (nSPS) is 10.9. The Morgan fingerprint density at radius 2 is 2.13 bits per heavy atom. The summed E-state index contributed by atoms with van der Waals surface area (Å²) in [5, 5.41) is 0.331. The molecule has 0 bridgehead atoms. The summed E-state index contributed by atoms with van der Waals surface area (Å²) in [5.41, 5.74) is 0.0111. The van der Waals surface area contributed by atoms with Crippen molar-refractivity contribution >= 4 is 34.2 Å². The van der Waals surface area contributed by atoms with E-state index in [1.54, 1.807) is 0 Å². The van der Waals surface area contributed by atoms with Crippen LogP contribution in [-0.2, 0) is 5.88 Å². The van der Waals surface area contributed by atoms with Gasteiger partial charge in [-0.1, -0.05) is 11.6 Å². The van der Waals surface area contributed by atoms with E-state index in [1.165, 1.54) is 18.2 Å². The third kappa shape index (κ3) is 1.73. The maximum Gasteiger partial charge on any atom is 0.355 e. The molecule has 0 radical (unpaired) electrons. The van der Waals surface area contributed by atoms with Gasteiger partial charge in [-0.05, 0) is 18.2 Å². The SMILES string of the molecule is O=c1oc2ccc(F)cc2c(CCl)c1Cl. The second-order valence-electron chi connectivity index (χ2n) is 2.96. The Hall–Kier alpha value is -1.06. The van der Waals surface area contributed by atoms with E-state index in [1.807, 2.05) is 0 Å². The first-order valence-corrected chi connectivity index (χ1v) is 5.01. The molecule has 0 aliphatic carbocycles. The van der Waals surface area contributed by atoms with Gasteiger partial charge in [0, 0.05) is 16.8 Å². The highest BCUT2D eigenvalue weighted by atomic mass is 35.5. The van der Waals surface area contributed by atoms with Gasteiger partial charge >= 0.3 is 5.63 Å². The van der Waals surface area contributed by atoms with Crippen LogP contribution in [-0.4, -0.2) is 0 Å². The zero-order chi connectivity index (χ0) is 11.0. The molecule has 0 amide bonds. The first-order valence-electron chi connectivity index (χ1n) is 4.10. The third-order valence-corrected chi connectivity index (χ3v) is 2.70. The number of fused-ring (bicyclic) bond motifs is 1. The average Bonchev–Trinajstić information content (AvgIpc) is 2.21. The standard InChI is InChI=1S/C10H5Cl2FO2/c11-4-7-6-3-5(13)1-2-8(6)15-10(14)9(7)12/h1-3H,4H2. The summed E-state index contributed by atoms with van der Waals surface area (Å²) in [6.07, 6.45) is 0. The van der Waals surface area contributed by atoms with Gasteiger partial charge in [-0.2, -0.15) is 0 Å². The highest BCUT2D eigenvalue weighted by molar-refractivity contribution is 6.33. The molecule has 15 heavy (non-hydrogen) atoms. The summed E-state index contributed by atoms with van der Waals surface area (Å²) in [5.74, 6) is -0.400. The van der Waals surface area contributed by atoms with Gasteiger partial charge in [0.2, 0.25) is 0 Å². The van der Waals surface area contributed by atoms with E-state index in [9.17, 15) is 9.18 Å². The lowest BCUT2D eigenvalue weighted by Crippen LogP contribution is -2.03. The minimum Gasteiger partial charge on any atom is -0.422 e. The number of alkyl halides is 1. The molecule has 0 atom stereocenters. The minimum absolute atomic E-state index is 0.0321. The van der Waals surface area contributed by atoms with Crippen molar-refractivity contribution in [2.45, 2.75) is 5.88 Å². The van der Waals surface area contributed by atoms with Gasteiger partial charge in [0.05, 0.1) is 0 Å². The molecule has 0 saturated carbocycles. The molecule has 0 aliphatic heterocycles. The summed E-state index contributed by atoms with van der Waals surface area (Å²) in [7, 11) is 0. The fourth-order valence-electron chi connectivity index (χ4n) is 1.34. The van der Waals surface area contributed by atoms with Gasteiger partial charge in [-0.15, -0.1) is 11.6 Å². The van der Waals surface area contributed by atoms with Crippen LogP contribution >= 0.6 is 23.2 Å². The molecule has 0 saturated heterocycles. The molecule has 1 heterocycles. The molecule has 0 aliphatic rings. The lowest BCUT2D eigenvalue weighted by Gasteiger charge is -2.03. The van der Waals surface area contributed by atoms with Crippen LogP contribution < -0.4 is 5.63 Å². The Balaban J connectivity index is 2.95. The molecule has 0 spiro atoms. The molecular formula is C10H5Cl2FO2. The zero-order valence-corrected chi connectivity index (χ0v) is 8.90. The molecular weight excluding hydrogens is 242 g/mol. The maximum atomic E-state index is 13.0. The van der Waals surface area contributed by atoms with E-state index in [0.717, 1.165) is 0 Å². The summed E-state index contributed by atoms with van der Waals surface area (Å²) in [4.78, 5) is 11.2. The monoisotopic (exact) mass is 246 g/mol. The largest absolute Gasteiger partial charge is 0.422 e. The highest BCUT2D eigenvalue weighted by Crippen LogP contribution is 2.25. The summed E-state index contributed by atoms with van der Waals surface area (Å²) >= 11 is 11.4. The average molecular weight is 247 g/mol. The van der Waals surface area contributed by atoms with Crippen LogP contribution in [0.4, 0.5) is 4.39 Å². The van der Waals surface area contributed by atoms with E-state index >= 15 is 0 Å². The molecule has 1 aromatic carbocycles. The Labute approximate surface area is 94.2 Å². The zero-order valence-electron chi connectivity index (χ0n) is 7.39. The van der Waals surface area contributed by atoms with E-state index < -0.39 is 11.4 Å². The van der Waals surface area contributed by atoms with Crippen molar-refractivity contribution in [1.29, 1.82) is 0 Å². The van der Waals surface area contributed by atoms with Crippen molar-refractivity contribution in [3.05, 3.63) is 45.0 Å². The molecule has 0 fully saturated rings. The van der Waals surface area contributed by atoms with Crippen LogP contribution in [0.1, 0.15) is 5.56 Å². The number of rotatable bonds is 1. The van der Waals surface area contributed by atoms with E-state index in [0.29, 0.717) is 10.9 Å². The quantitative estimate of drug-likeness (QED) is 0.571.